The van der Waals surface area contributed by atoms with Crippen molar-refractivity contribution in [2.45, 2.75) is 32.2 Å². The molecule has 1 N–H and O–H groups in total. The third-order valence-electron chi connectivity index (χ3n) is 5.01. The average Bonchev–Trinajstić information content (AvgIpc) is 3.16. The van der Waals surface area contributed by atoms with Gasteiger partial charge in [0.2, 0.25) is 16.7 Å². The fourth-order valence-corrected chi connectivity index (χ4v) is 5.32. The van der Waals surface area contributed by atoms with Crippen LogP contribution >= 0.6 is 23.4 Å². The van der Waals surface area contributed by atoms with E-state index in [1.54, 1.807) is 11.0 Å². The van der Waals surface area contributed by atoms with Crippen molar-refractivity contribution >= 4 is 51.9 Å². The molecule has 0 aromatic heterocycles. The van der Waals surface area contributed by atoms with Gasteiger partial charge in [0.25, 0.3) is 5.91 Å². The molecule has 1 atom stereocenters. The zero-order chi connectivity index (χ0) is 21.6. The van der Waals surface area contributed by atoms with Crippen LogP contribution in [0.4, 0.5) is 5.69 Å². The first-order chi connectivity index (χ1) is 14.3. The highest BCUT2D eigenvalue weighted by atomic mass is 35.5. The number of hydrogen-bond acceptors (Lipinski definition) is 5. The molecule has 0 saturated heterocycles. The van der Waals surface area contributed by atoms with Gasteiger partial charge < -0.3 is 10.2 Å². The van der Waals surface area contributed by atoms with E-state index in [-0.39, 0.29) is 23.5 Å². The summed E-state index contributed by atoms with van der Waals surface area (Å²) in [5.74, 6) is -1.04. The van der Waals surface area contributed by atoms with E-state index in [1.807, 2.05) is 43.3 Å². The monoisotopic (exact) mass is 442 g/mol. The van der Waals surface area contributed by atoms with Crippen molar-refractivity contribution in [1.82, 2.24) is 10.3 Å². The Morgan fingerprint density at radius 1 is 1.17 bits per heavy atom. The minimum Gasteiger partial charge on any atom is -0.304 e. The third-order valence-corrected chi connectivity index (χ3v) is 6.62. The zero-order valence-corrected chi connectivity index (χ0v) is 18.2. The summed E-state index contributed by atoms with van der Waals surface area (Å²) in [7, 11) is 0. The molecule has 2 aliphatic rings. The smallest absolute Gasteiger partial charge is 0.271 e. The lowest BCUT2D eigenvalue weighted by molar-refractivity contribution is -0.139. The highest BCUT2D eigenvalue weighted by molar-refractivity contribution is 8.15. The molecule has 30 heavy (non-hydrogen) atoms. The first kappa shape index (κ1) is 20.4. The molecular formula is C21H19ClN4O3S. The summed E-state index contributed by atoms with van der Waals surface area (Å²) in [6.07, 6.45) is 0. The molecule has 0 radical (unpaired) electrons. The number of carbonyl (C=O) groups excluding carboxylic acids is 3. The highest BCUT2D eigenvalue weighted by Gasteiger charge is 2.61. The first-order valence-corrected chi connectivity index (χ1v) is 10.5. The normalized spacial score (nSPS) is 19.9. The molecule has 0 aliphatic carbocycles. The number of amidine groups is 1. The van der Waals surface area contributed by atoms with E-state index in [0.29, 0.717) is 10.6 Å². The van der Waals surface area contributed by atoms with Gasteiger partial charge in [-0.05, 0) is 35.9 Å². The van der Waals surface area contributed by atoms with Gasteiger partial charge in [0, 0.05) is 24.4 Å². The maximum atomic E-state index is 13.9. The molecule has 9 heteroatoms. The van der Waals surface area contributed by atoms with Crippen LogP contribution in [0.3, 0.4) is 0 Å². The minimum atomic E-state index is -1.41. The number of hydrogen-bond donors (Lipinski definition) is 1. The molecule has 7 nitrogen and oxygen atoms in total. The van der Waals surface area contributed by atoms with Crippen LogP contribution in [0.1, 0.15) is 30.5 Å². The van der Waals surface area contributed by atoms with Crippen molar-refractivity contribution in [1.29, 1.82) is 0 Å². The SMILES string of the molecule is CC(=O)NC1=NN(C(C)=O)[C@]2(S1)C(=O)N(Cc1ccccc1Cl)c1c(C)cccc12. The van der Waals surface area contributed by atoms with Gasteiger partial charge in [-0.3, -0.25) is 14.4 Å². The minimum absolute atomic E-state index is 0.207. The van der Waals surface area contributed by atoms with Crippen molar-refractivity contribution in [2.75, 3.05) is 4.90 Å². The number of halogens is 1. The Bertz CT molecular complexity index is 1120. The van der Waals surface area contributed by atoms with Crippen LogP contribution in [0.2, 0.25) is 5.02 Å². The number of carbonyl (C=O) groups is 3. The molecule has 0 saturated carbocycles. The van der Waals surface area contributed by atoms with Crippen LogP contribution in [0.5, 0.6) is 0 Å². The van der Waals surface area contributed by atoms with Gasteiger partial charge in [0.15, 0.2) is 5.17 Å². The van der Waals surface area contributed by atoms with Crippen molar-refractivity contribution in [3.8, 4) is 0 Å². The van der Waals surface area contributed by atoms with E-state index in [2.05, 4.69) is 10.4 Å². The number of amides is 3. The lowest BCUT2D eigenvalue weighted by Crippen LogP contribution is -2.48. The summed E-state index contributed by atoms with van der Waals surface area (Å²) in [6, 6.07) is 12.9. The maximum absolute atomic E-state index is 13.9. The van der Waals surface area contributed by atoms with Gasteiger partial charge in [-0.1, -0.05) is 48.0 Å². The van der Waals surface area contributed by atoms with Gasteiger partial charge in [-0.25, -0.2) is 0 Å². The van der Waals surface area contributed by atoms with Gasteiger partial charge in [-0.15, -0.1) is 5.10 Å². The number of fused-ring (bicyclic) bond motifs is 2. The van der Waals surface area contributed by atoms with E-state index >= 15 is 0 Å². The van der Waals surface area contributed by atoms with Crippen LogP contribution < -0.4 is 10.2 Å². The summed E-state index contributed by atoms with van der Waals surface area (Å²) in [6.45, 7) is 4.87. The molecule has 2 aromatic rings. The molecule has 0 unspecified atom stereocenters. The molecule has 0 bridgehead atoms. The summed E-state index contributed by atoms with van der Waals surface area (Å²) >= 11 is 7.41. The summed E-state index contributed by atoms with van der Waals surface area (Å²) in [5.41, 5.74) is 3.06. The quantitative estimate of drug-likeness (QED) is 0.773. The largest absolute Gasteiger partial charge is 0.304 e. The maximum Gasteiger partial charge on any atom is 0.271 e. The number of thioether (sulfide) groups is 1. The van der Waals surface area contributed by atoms with Crippen LogP contribution in [0.15, 0.2) is 47.6 Å². The fraction of sp³-hybridized carbons (Fsp3) is 0.238. The van der Waals surface area contributed by atoms with Crippen LogP contribution in [0, 0.1) is 6.92 Å². The zero-order valence-electron chi connectivity index (χ0n) is 16.6. The average molecular weight is 443 g/mol. The fourth-order valence-electron chi connectivity index (χ4n) is 3.80. The summed E-state index contributed by atoms with van der Waals surface area (Å²) in [5, 5.41) is 8.79. The lowest BCUT2D eigenvalue weighted by Gasteiger charge is -2.29. The second-order valence-electron chi connectivity index (χ2n) is 7.12. The number of benzene rings is 2. The Morgan fingerprint density at radius 3 is 2.57 bits per heavy atom. The van der Waals surface area contributed by atoms with E-state index in [0.717, 1.165) is 33.6 Å². The number of nitrogens with zero attached hydrogens (tertiary/aromatic N) is 3. The Kier molecular flexibility index (Phi) is 5.07. The number of hydrazone groups is 1. The first-order valence-electron chi connectivity index (χ1n) is 9.27. The van der Waals surface area contributed by atoms with E-state index < -0.39 is 10.8 Å². The van der Waals surface area contributed by atoms with Gasteiger partial charge in [-0.2, -0.15) is 5.01 Å². The van der Waals surface area contributed by atoms with Crippen molar-refractivity contribution in [3.63, 3.8) is 0 Å². The van der Waals surface area contributed by atoms with E-state index in [9.17, 15) is 14.4 Å². The van der Waals surface area contributed by atoms with Crippen LogP contribution in [-0.4, -0.2) is 27.9 Å². The predicted molar refractivity (Wildman–Crippen MR) is 117 cm³/mol. The van der Waals surface area contributed by atoms with Crippen molar-refractivity contribution < 1.29 is 14.4 Å². The molecule has 2 aromatic carbocycles. The third kappa shape index (κ3) is 3.07. The van der Waals surface area contributed by atoms with Gasteiger partial charge >= 0.3 is 0 Å². The Morgan fingerprint density at radius 2 is 1.90 bits per heavy atom. The number of aryl methyl sites for hydroxylation is 1. The van der Waals surface area contributed by atoms with E-state index in [1.165, 1.54) is 13.8 Å². The van der Waals surface area contributed by atoms with E-state index in [4.69, 9.17) is 11.6 Å². The van der Waals surface area contributed by atoms with Crippen LogP contribution in [0.25, 0.3) is 0 Å². The van der Waals surface area contributed by atoms with Gasteiger partial charge in [0.1, 0.15) is 0 Å². The molecule has 2 aliphatic heterocycles. The number of para-hydroxylation sites is 1. The molecule has 2 heterocycles. The number of anilines is 1. The highest BCUT2D eigenvalue weighted by Crippen LogP contribution is 2.55. The van der Waals surface area contributed by atoms with Crippen LogP contribution in [-0.2, 0) is 25.8 Å². The second kappa shape index (κ2) is 7.45. The molecular weight excluding hydrogens is 424 g/mol. The molecule has 3 amide bonds. The molecule has 4 rings (SSSR count). The lowest BCUT2D eigenvalue weighted by atomic mass is 10.0. The molecule has 0 fully saturated rings. The molecule has 1 spiro atoms. The Labute approximate surface area is 183 Å². The van der Waals surface area contributed by atoms with Crippen molar-refractivity contribution in [2.24, 2.45) is 5.10 Å². The Balaban J connectivity index is 1.86. The standard InChI is InChI=1S/C21H19ClN4O3S/c1-12-7-6-9-16-18(12)25(11-15-8-4-5-10-17(15)22)19(29)21(16)26(14(3)28)24-20(30-21)23-13(2)27/h4-10H,11H2,1-3H3,(H,23,24,27)/t21-/m1/s1. The topological polar surface area (TPSA) is 82.1 Å². The second-order valence-corrected chi connectivity index (χ2v) is 8.71. The number of nitrogens with one attached hydrogen (secondary N) is 1. The number of rotatable bonds is 2. The molecule has 154 valence electrons. The summed E-state index contributed by atoms with van der Waals surface area (Å²) < 4.78 is 0. The Hall–Kier alpha value is -2.84. The van der Waals surface area contributed by atoms with Crippen molar-refractivity contribution in [3.05, 3.63) is 64.2 Å². The summed E-state index contributed by atoms with van der Waals surface area (Å²) in [4.78, 5) is 38.2. The predicted octanol–water partition coefficient (Wildman–Crippen LogP) is 3.35. The van der Waals surface area contributed by atoms with Gasteiger partial charge in [0.05, 0.1) is 12.2 Å².